The first-order valence-corrected chi connectivity index (χ1v) is 19.5. The number of hydrogen-bond donors (Lipinski definition) is 0. The molecule has 0 amide bonds. The summed E-state index contributed by atoms with van der Waals surface area (Å²) in [5.74, 6) is 0. The highest BCUT2D eigenvalue weighted by atomic mass is 16.3. The van der Waals surface area contributed by atoms with Crippen LogP contribution < -0.4 is 0 Å². The summed E-state index contributed by atoms with van der Waals surface area (Å²) in [6, 6.07) is 61.5. The van der Waals surface area contributed by atoms with Crippen molar-refractivity contribution in [2.45, 2.75) is 12.8 Å². The summed E-state index contributed by atoms with van der Waals surface area (Å²) >= 11 is 0. The minimum Gasteiger partial charge on any atom is -0.456 e. The number of para-hydroxylation sites is 2. The lowest BCUT2D eigenvalue weighted by molar-refractivity contribution is 0.668. The van der Waals surface area contributed by atoms with Crippen LogP contribution in [0.3, 0.4) is 0 Å². The van der Waals surface area contributed by atoms with Crippen LogP contribution in [0.5, 0.6) is 0 Å². The molecule has 0 atom stereocenters. The molecule has 0 bridgehead atoms. The molecular weight excluding hydrogens is 681 g/mol. The van der Waals surface area contributed by atoms with Gasteiger partial charge in [-0.25, -0.2) is 0 Å². The molecule has 262 valence electrons. The molecule has 0 aliphatic heterocycles. The Hall–Kier alpha value is -7.16. The first kappa shape index (κ1) is 31.2. The molecule has 0 radical (unpaired) electrons. The number of allylic oxidation sites excluding steroid dienone is 1. The second kappa shape index (κ2) is 12.2. The number of benzene rings is 9. The predicted molar refractivity (Wildman–Crippen MR) is 235 cm³/mol. The van der Waals surface area contributed by atoms with Crippen LogP contribution in [-0.4, -0.2) is 0 Å². The molecule has 2 heterocycles. The van der Waals surface area contributed by atoms with Gasteiger partial charge in [-0.05, 0) is 120 Å². The zero-order valence-electron chi connectivity index (χ0n) is 30.6. The van der Waals surface area contributed by atoms with Crippen molar-refractivity contribution in [3.05, 3.63) is 187 Å². The van der Waals surface area contributed by atoms with Crippen LogP contribution in [0.1, 0.15) is 17.5 Å². The van der Waals surface area contributed by atoms with E-state index in [-0.39, 0.29) is 0 Å². The Balaban J connectivity index is 1.27. The third-order valence-corrected chi connectivity index (χ3v) is 12.0. The number of hydrogen-bond acceptors (Lipinski definition) is 2. The second-order valence-electron chi connectivity index (χ2n) is 15.0. The number of rotatable bonds is 4. The predicted octanol–water partition coefficient (Wildman–Crippen LogP) is 15.4. The molecule has 0 N–H and O–H groups in total. The van der Waals surface area contributed by atoms with Crippen molar-refractivity contribution in [1.29, 1.82) is 0 Å². The molecule has 1 aliphatic carbocycles. The van der Waals surface area contributed by atoms with Gasteiger partial charge in [0.2, 0.25) is 0 Å². The summed E-state index contributed by atoms with van der Waals surface area (Å²) in [5, 5.41) is 9.42. The van der Waals surface area contributed by atoms with Crippen molar-refractivity contribution < 1.29 is 8.83 Å². The van der Waals surface area contributed by atoms with Crippen LogP contribution in [0.15, 0.2) is 185 Å². The molecule has 1 aliphatic rings. The average Bonchev–Trinajstić information content (AvgIpc) is 3.84. The summed E-state index contributed by atoms with van der Waals surface area (Å²) in [6.45, 7) is 0. The normalized spacial score (nSPS) is 12.8. The van der Waals surface area contributed by atoms with Gasteiger partial charge in [0.15, 0.2) is 0 Å². The monoisotopic (exact) mass is 714 g/mol. The molecule has 2 heteroatoms. The Morgan fingerprint density at radius 3 is 1.50 bits per heavy atom. The van der Waals surface area contributed by atoms with Gasteiger partial charge in [-0.1, -0.05) is 152 Å². The summed E-state index contributed by atoms with van der Waals surface area (Å²) in [7, 11) is 0. The molecule has 11 aromatic rings. The van der Waals surface area contributed by atoms with Crippen molar-refractivity contribution in [2.75, 3.05) is 0 Å². The Morgan fingerprint density at radius 1 is 0.357 bits per heavy atom. The van der Waals surface area contributed by atoms with E-state index < -0.39 is 0 Å². The number of fused-ring (bicyclic) bond motifs is 9. The minimum absolute atomic E-state index is 0.898. The molecular formula is C54H34O2. The van der Waals surface area contributed by atoms with Gasteiger partial charge in [0.05, 0.1) is 0 Å². The zero-order chi connectivity index (χ0) is 36.7. The summed E-state index contributed by atoms with van der Waals surface area (Å²) in [5.41, 5.74) is 16.0. The molecule has 0 saturated heterocycles. The third kappa shape index (κ3) is 4.56. The van der Waals surface area contributed by atoms with Gasteiger partial charge in [0.25, 0.3) is 0 Å². The minimum atomic E-state index is 0.898. The van der Waals surface area contributed by atoms with Crippen LogP contribution in [0, 0.1) is 0 Å². The lowest BCUT2D eigenvalue weighted by atomic mass is 9.79. The largest absolute Gasteiger partial charge is 0.456 e. The lowest BCUT2D eigenvalue weighted by Crippen LogP contribution is -2.00. The van der Waals surface area contributed by atoms with Gasteiger partial charge >= 0.3 is 0 Å². The first-order valence-electron chi connectivity index (χ1n) is 19.5. The number of furan rings is 2. The topological polar surface area (TPSA) is 26.3 Å². The van der Waals surface area contributed by atoms with Gasteiger partial charge in [-0.15, -0.1) is 0 Å². The molecule has 0 unspecified atom stereocenters. The van der Waals surface area contributed by atoms with Gasteiger partial charge in [-0.3, -0.25) is 0 Å². The molecule has 0 spiro atoms. The summed E-state index contributed by atoms with van der Waals surface area (Å²) < 4.78 is 12.9. The van der Waals surface area contributed by atoms with E-state index in [9.17, 15) is 0 Å². The van der Waals surface area contributed by atoms with Crippen LogP contribution >= 0.6 is 0 Å². The molecule has 9 aromatic carbocycles. The first-order chi connectivity index (χ1) is 27.8. The average molecular weight is 715 g/mol. The number of aryl methyl sites for hydroxylation is 1. The maximum atomic E-state index is 6.45. The van der Waals surface area contributed by atoms with Crippen molar-refractivity contribution in [3.8, 4) is 44.5 Å². The van der Waals surface area contributed by atoms with Crippen LogP contribution in [0.4, 0.5) is 0 Å². The van der Waals surface area contributed by atoms with E-state index in [1.807, 2.05) is 12.1 Å². The van der Waals surface area contributed by atoms with E-state index in [2.05, 4.69) is 170 Å². The Kier molecular flexibility index (Phi) is 6.79. The third-order valence-electron chi connectivity index (χ3n) is 12.0. The molecule has 56 heavy (non-hydrogen) atoms. The lowest BCUT2D eigenvalue weighted by Gasteiger charge is -2.24. The summed E-state index contributed by atoms with van der Waals surface area (Å²) in [6.07, 6.45) is 6.79. The van der Waals surface area contributed by atoms with Crippen molar-refractivity contribution in [2.24, 2.45) is 0 Å². The molecule has 2 aromatic heterocycles. The Morgan fingerprint density at radius 2 is 0.875 bits per heavy atom. The second-order valence-corrected chi connectivity index (χ2v) is 15.0. The van der Waals surface area contributed by atoms with Crippen LogP contribution in [0.25, 0.3) is 116 Å². The van der Waals surface area contributed by atoms with Crippen molar-refractivity contribution >= 4 is 71.5 Å². The van der Waals surface area contributed by atoms with E-state index in [1.54, 1.807) is 0 Å². The van der Waals surface area contributed by atoms with E-state index >= 15 is 0 Å². The molecule has 12 rings (SSSR count). The molecule has 0 fully saturated rings. The van der Waals surface area contributed by atoms with Gasteiger partial charge in [-0.2, -0.15) is 0 Å². The maximum absolute atomic E-state index is 6.45. The highest BCUT2D eigenvalue weighted by molar-refractivity contribution is 6.25. The fourth-order valence-corrected chi connectivity index (χ4v) is 9.54. The van der Waals surface area contributed by atoms with E-state index in [0.29, 0.717) is 0 Å². The van der Waals surface area contributed by atoms with Gasteiger partial charge < -0.3 is 8.83 Å². The fraction of sp³-hybridized carbons (Fsp3) is 0.0370. The van der Waals surface area contributed by atoms with Crippen LogP contribution in [-0.2, 0) is 6.42 Å². The smallest absolute Gasteiger partial charge is 0.136 e. The van der Waals surface area contributed by atoms with Gasteiger partial charge in [0.1, 0.15) is 22.3 Å². The standard InChI is InChI=1S/C54H34O2/c1-2-14-33(15-3-1)36-31-30-34-16-4-5-17-35(34)53(36)54-41-22-10-20-37(39-24-12-28-49-51(39)43-18-6-8-26-47(43)55-49)45(41)32-46-38(21-11-23-42(46)54)40-25-13-29-50-52(40)44-19-7-9-27-48(44)56-50/h1-3,5-15,17-32H,4,16H2. The van der Waals surface area contributed by atoms with E-state index in [1.165, 1.54) is 77.2 Å². The Bertz CT molecular complexity index is 3240. The highest BCUT2D eigenvalue weighted by Gasteiger charge is 2.24. The van der Waals surface area contributed by atoms with E-state index in [0.717, 1.165) is 56.7 Å². The quantitative estimate of drug-likeness (QED) is 0.170. The van der Waals surface area contributed by atoms with Gasteiger partial charge in [0, 0.05) is 21.5 Å². The maximum Gasteiger partial charge on any atom is 0.136 e. The molecule has 2 nitrogen and oxygen atoms in total. The zero-order valence-corrected chi connectivity index (χ0v) is 30.6. The van der Waals surface area contributed by atoms with E-state index in [4.69, 9.17) is 8.83 Å². The highest BCUT2D eigenvalue weighted by Crippen LogP contribution is 2.50. The fourth-order valence-electron chi connectivity index (χ4n) is 9.54. The van der Waals surface area contributed by atoms with Crippen molar-refractivity contribution in [1.82, 2.24) is 0 Å². The van der Waals surface area contributed by atoms with Crippen molar-refractivity contribution in [3.63, 3.8) is 0 Å². The summed E-state index contributed by atoms with van der Waals surface area (Å²) in [4.78, 5) is 0. The SMILES string of the molecule is C1=Cc2c(ccc(-c3ccccc3)c2-c2c3cccc(-c4cccc5oc6ccccc6c45)c3cc3c(-c4cccc5oc6ccccc6c45)cccc23)CC1. The van der Waals surface area contributed by atoms with Crippen LogP contribution in [0.2, 0.25) is 0 Å². The molecule has 0 saturated carbocycles. The Labute approximate surface area is 323 Å².